The van der Waals surface area contributed by atoms with Gasteiger partial charge in [-0.05, 0) is 56.9 Å². The van der Waals surface area contributed by atoms with E-state index in [2.05, 4.69) is 26.8 Å². The van der Waals surface area contributed by atoms with Crippen molar-refractivity contribution in [1.82, 2.24) is 4.73 Å². The Balaban J connectivity index is 2.21. The monoisotopic (exact) mass is 459 g/mol. The van der Waals surface area contributed by atoms with Gasteiger partial charge in [-0.2, -0.15) is 4.73 Å². The maximum atomic E-state index is 12.7. The first kappa shape index (κ1) is 26.6. The minimum absolute atomic E-state index is 0.0992. The minimum Gasteiger partial charge on any atom is -0.506 e. The fourth-order valence-corrected chi connectivity index (χ4v) is 4.31. The first-order valence-corrected chi connectivity index (χ1v) is 11.6. The van der Waals surface area contributed by atoms with Gasteiger partial charge >= 0.3 is 0 Å². The van der Waals surface area contributed by atoms with Crippen LogP contribution in [0.4, 0.5) is 0 Å². The summed E-state index contributed by atoms with van der Waals surface area (Å²) in [7, 11) is 0. The molecule has 0 bridgehead atoms. The Morgan fingerprint density at radius 2 is 1.85 bits per heavy atom. The van der Waals surface area contributed by atoms with Crippen molar-refractivity contribution in [2.24, 2.45) is 11.8 Å². The number of rotatable bonds is 9. The van der Waals surface area contributed by atoms with Gasteiger partial charge in [-0.1, -0.05) is 57.1 Å². The van der Waals surface area contributed by atoms with Crippen molar-refractivity contribution < 1.29 is 25.3 Å². The predicted octanol–water partition coefficient (Wildman–Crippen LogP) is 4.23. The normalized spacial score (nSPS) is 23.8. The van der Waals surface area contributed by atoms with Gasteiger partial charge in [0.2, 0.25) is 0 Å². The molecule has 0 saturated heterocycles. The molecule has 1 aromatic heterocycles. The molecular formula is C26H37NO6. The molecule has 0 spiro atoms. The van der Waals surface area contributed by atoms with Crippen molar-refractivity contribution in [2.45, 2.75) is 77.9 Å². The smallest absolute Gasteiger partial charge is 0.297 e. The van der Waals surface area contributed by atoms with Gasteiger partial charge in [0.1, 0.15) is 11.3 Å². The Bertz CT molecular complexity index is 979. The van der Waals surface area contributed by atoms with E-state index in [1.54, 1.807) is 6.08 Å². The zero-order valence-corrected chi connectivity index (χ0v) is 20.0. The Morgan fingerprint density at radius 3 is 2.45 bits per heavy atom. The molecule has 2 rings (SSSR count). The third-order valence-corrected chi connectivity index (χ3v) is 6.43. The number of pyridine rings is 1. The van der Waals surface area contributed by atoms with Crippen LogP contribution < -0.4 is 5.56 Å². The molecule has 0 unspecified atom stereocenters. The zero-order valence-electron chi connectivity index (χ0n) is 20.0. The standard InChI is InChI=1S/C26H37NO6/c1-5-17(2)14-19(4)15-18(3)8-6-7-9-22(29)23-24(30)21(16-27(33)25(23)31)26(32)12-10-20(28)11-13-26/h6-9,15-17,19-20,28,30,32-33H,5,10-14H2,1-4H3/b8-6+,9-7+,18-15+/t17-,19-,20?,26?/m1/s1. The summed E-state index contributed by atoms with van der Waals surface area (Å²) in [4.78, 5) is 25.0. The Morgan fingerprint density at radius 1 is 1.24 bits per heavy atom. The maximum Gasteiger partial charge on any atom is 0.297 e. The Hall–Kier alpha value is -2.64. The molecule has 1 heterocycles. The molecule has 33 heavy (non-hydrogen) atoms. The number of nitrogens with zero attached hydrogens (tertiary/aromatic N) is 1. The zero-order chi connectivity index (χ0) is 24.8. The highest BCUT2D eigenvalue weighted by atomic mass is 16.5. The molecule has 7 heteroatoms. The Labute approximate surface area is 195 Å². The van der Waals surface area contributed by atoms with Crippen LogP contribution in [-0.4, -0.2) is 37.1 Å². The van der Waals surface area contributed by atoms with E-state index < -0.39 is 34.4 Å². The van der Waals surface area contributed by atoms with Crippen LogP contribution in [0.5, 0.6) is 5.75 Å². The molecule has 0 aromatic carbocycles. The molecule has 1 fully saturated rings. The van der Waals surface area contributed by atoms with Crippen molar-refractivity contribution in [2.75, 3.05) is 0 Å². The second-order valence-corrected chi connectivity index (χ2v) is 9.40. The lowest BCUT2D eigenvalue weighted by atomic mass is 9.78. The van der Waals surface area contributed by atoms with Crippen molar-refractivity contribution in [3.05, 3.63) is 63.6 Å². The van der Waals surface area contributed by atoms with E-state index in [0.717, 1.165) is 30.7 Å². The summed E-state index contributed by atoms with van der Waals surface area (Å²) in [6.45, 7) is 8.54. The largest absolute Gasteiger partial charge is 0.506 e. The van der Waals surface area contributed by atoms with E-state index in [1.807, 2.05) is 13.0 Å². The minimum atomic E-state index is -1.55. The maximum absolute atomic E-state index is 12.7. The average Bonchev–Trinajstić information content (AvgIpc) is 2.75. The number of aromatic nitrogens is 1. The van der Waals surface area contributed by atoms with Crippen molar-refractivity contribution in [3.63, 3.8) is 0 Å². The topological polar surface area (TPSA) is 120 Å². The number of aliphatic hydroxyl groups is 2. The van der Waals surface area contributed by atoms with E-state index in [9.17, 15) is 30.1 Å². The SMILES string of the molecule is CC[C@@H](C)C[C@@H](C)/C=C(C)/C=C/C=C/C(=O)c1c(O)c(C2(O)CCC(O)CC2)cn(O)c1=O. The summed E-state index contributed by atoms with van der Waals surface area (Å²) in [5, 5.41) is 41.3. The third kappa shape index (κ3) is 6.92. The summed E-state index contributed by atoms with van der Waals surface area (Å²) in [6, 6.07) is 0. The average molecular weight is 460 g/mol. The van der Waals surface area contributed by atoms with Gasteiger partial charge in [0.05, 0.1) is 17.9 Å². The summed E-state index contributed by atoms with van der Waals surface area (Å²) < 4.78 is 0.209. The fraction of sp³-hybridized carbons (Fsp3) is 0.538. The van der Waals surface area contributed by atoms with Gasteiger partial charge in [0, 0.05) is 5.56 Å². The van der Waals surface area contributed by atoms with Crippen LogP contribution in [0.2, 0.25) is 0 Å². The number of aliphatic hydroxyl groups excluding tert-OH is 1. The van der Waals surface area contributed by atoms with Gasteiger partial charge in [-0.25, -0.2) is 0 Å². The molecule has 0 radical (unpaired) electrons. The van der Waals surface area contributed by atoms with E-state index in [-0.39, 0.29) is 23.1 Å². The van der Waals surface area contributed by atoms with Crippen LogP contribution in [0.3, 0.4) is 0 Å². The first-order chi connectivity index (χ1) is 15.5. The molecule has 2 atom stereocenters. The molecule has 4 N–H and O–H groups in total. The molecular weight excluding hydrogens is 422 g/mol. The highest BCUT2D eigenvalue weighted by Crippen LogP contribution is 2.41. The number of allylic oxidation sites excluding steroid dienone is 6. The molecule has 1 aliphatic carbocycles. The third-order valence-electron chi connectivity index (χ3n) is 6.43. The number of hydrogen-bond acceptors (Lipinski definition) is 6. The van der Waals surface area contributed by atoms with Crippen LogP contribution in [-0.2, 0) is 5.60 Å². The Kier molecular flexibility index (Phi) is 9.25. The molecule has 7 nitrogen and oxygen atoms in total. The van der Waals surface area contributed by atoms with Gasteiger partial charge in [-0.3, -0.25) is 9.59 Å². The molecule has 0 amide bonds. The molecule has 1 aliphatic rings. The predicted molar refractivity (Wildman–Crippen MR) is 128 cm³/mol. The van der Waals surface area contributed by atoms with Gasteiger partial charge in [0.15, 0.2) is 5.78 Å². The highest BCUT2D eigenvalue weighted by molar-refractivity contribution is 6.06. The highest BCUT2D eigenvalue weighted by Gasteiger charge is 2.38. The van der Waals surface area contributed by atoms with Crippen molar-refractivity contribution >= 4 is 5.78 Å². The van der Waals surface area contributed by atoms with Gasteiger partial charge in [0.25, 0.3) is 5.56 Å². The van der Waals surface area contributed by atoms with Crippen molar-refractivity contribution in [1.29, 1.82) is 0 Å². The molecule has 182 valence electrons. The lowest BCUT2D eigenvalue weighted by Gasteiger charge is -2.35. The second-order valence-electron chi connectivity index (χ2n) is 9.40. The fourth-order valence-electron chi connectivity index (χ4n) is 4.31. The van der Waals surface area contributed by atoms with Crippen LogP contribution in [0.25, 0.3) is 0 Å². The van der Waals surface area contributed by atoms with E-state index in [4.69, 9.17) is 0 Å². The van der Waals surface area contributed by atoms with E-state index in [0.29, 0.717) is 24.7 Å². The van der Waals surface area contributed by atoms with E-state index >= 15 is 0 Å². The number of aromatic hydroxyl groups is 1. The van der Waals surface area contributed by atoms with E-state index in [1.165, 1.54) is 6.08 Å². The molecule has 1 saturated carbocycles. The molecule has 1 aromatic rings. The quantitative estimate of drug-likeness (QED) is 0.190. The van der Waals surface area contributed by atoms with Gasteiger partial charge < -0.3 is 20.5 Å². The summed E-state index contributed by atoms with van der Waals surface area (Å²) in [6.07, 6.45) is 11.8. The van der Waals surface area contributed by atoms with Crippen LogP contribution in [0.15, 0.2) is 46.9 Å². The number of carbonyl (C=O) groups excluding carboxylic acids is 1. The van der Waals surface area contributed by atoms with Crippen molar-refractivity contribution in [3.8, 4) is 5.75 Å². The summed E-state index contributed by atoms with van der Waals surface area (Å²) in [5.41, 5.74) is -2.27. The summed E-state index contributed by atoms with van der Waals surface area (Å²) in [5.74, 6) is -0.332. The lowest BCUT2D eigenvalue weighted by Crippen LogP contribution is -2.36. The number of ketones is 1. The molecule has 0 aliphatic heterocycles. The number of carbonyl (C=O) groups is 1. The second kappa shape index (κ2) is 11.5. The number of hydrogen-bond donors (Lipinski definition) is 4. The summed E-state index contributed by atoms with van der Waals surface area (Å²) >= 11 is 0. The van der Waals surface area contributed by atoms with Crippen LogP contribution in [0.1, 0.15) is 82.1 Å². The van der Waals surface area contributed by atoms with Crippen LogP contribution >= 0.6 is 0 Å². The van der Waals surface area contributed by atoms with Gasteiger partial charge in [-0.15, -0.1) is 0 Å². The first-order valence-electron chi connectivity index (χ1n) is 11.6. The lowest BCUT2D eigenvalue weighted by molar-refractivity contribution is -0.0389. The van der Waals surface area contributed by atoms with Crippen LogP contribution in [0, 0.1) is 11.8 Å².